The molecule has 0 amide bonds. The predicted molar refractivity (Wildman–Crippen MR) is 143 cm³/mol. The van der Waals surface area contributed by atoms with Gasteiger partial charge in [-0.2, -0.15) is 0 Å². The van der Waals surface area contributed by atoms with Crippen LogP contribution >= 0.6 is 0 Å². The Bertz CT molecular complexity index is 1510. The van der Waals surface area contributed by atoms with Crippen molar-refractivity contribution < 1.29 is 23.7 Å². The molecule has 1 heterocycles. The molecule has 1 aliphatic heterocycles. The fourth-order valence-corrected chi connectivity index (χ4v) is 5.11. The summed E-state index contributed by atoms with van der Waals surface area (Å²) in [6.45, 7) is 0.686. The highest BCUT2D eigenvalue weighted by Crippen LogP contribution is 2.48. The molecule has 184 valence electrons. The topological polar surface area (TPSA) is 57.2 Å². The second kappa shape index (κ2) is 9.46. The number of benzene rings is 4. The normalized spacial score (nSPS) is 13.1. The SMILES string of the molecule is COc1cc2ccc3c4c(c(OC)c(OC)c3c2cc1OC)C=C(C(=O)c1ccccc1)N(C)CC4. The molecule has 36 heavy (non-hydrogen) atoms. The van der Waals surface area contributed by atoms with E-state index in [2.05, 4.69) is 12.1 Å². The largest absolute Gasteiger partial charge is 0.493 e. The van der Waals surface area contributed by atoms with E-state index >= 15 is 0 Å². The fraction of sp³-hybridized carbons (Fsp3) is 0.233. The maximum atomic E-state index is 13.5. The van der Waals surface area contributed by atoms with E-state index < -0.39 is 0 Å². The molecular weight excluding hydrogens is 454 g/mol. The zero-order valence-corrected chi connectivity index (χ0v) is 21.2. The second-order valence-corrected chi connectivity index (χ2v) is 8.77. The maximum Gasteiger partial charge on any atom is 0.209 e. The van der Waals surface area contributed by atoms with Crippen molar-refractivity contribution in [1.29, 1.82) is 0 Å². The predicted octanol–water partition coefficient (Wildman–Crippen LogP) is 5.74. The molecule has 0 spiro atoms. The molecule has 0 saturated heterocycles. The summed E-state index contributed by atoms with van der Waals surface area (Å²) in [4.78, 5) is 15.5. The molecule has 4 aromatic rings. The molecule has 0 radical (unpaired) electrons. The lowest BCUT2D eigenvalue weighted by atomic mass is 9.91. The smallest absolute Gasteiger partial charge is 0.209 e. The van der Waals surface area contributed by atoms with Gasteiger partial charge in [0.15, 0.2) is 23.0 Å². The van der Waals surface area contributed by atoms with Gasteiger partial charge in [0.1, 0.15) is 0 Å². The van der Waals surface area contributed by atoms with Crippen LogP contribution in [0.2, 0.25) is 0 Å². The molecule has 0 aliphatic carbocycles. The molecule has 4 aromatic carbocycles. The highest BCUT2D eigenvalue weighted by Gasteiger charge is 2.27. The Morgan fingerprint density at radius 2 is 1.50 bits per heavy atom. The van der Waals surface area contributed by atoms with Crippen LogP contribution in [0.1, 0.15) is 21.5 Å². The summed E-state index contributed by atoms with van der Waals surface area (Å²) in [7, 11) is 8.50. The minimum Gasteiger partial charge on any atom is -0.493 e. The average molecular weight is 484 g/mol. The average Bonchev–Trinajstić information content (AvgIpc) is 3.10. The van der Waals surface area contributed by atoms with Crippen LogP contribution in [0, 0.1) is 0 Å². The first kappa shape index (κ1) is 23.5. The summed E-state index contributed by atoms with van der Waals surface area (Å²) >= 11 is 0. The van der Waals surface area contributed by atoms with Gasteiger partial charge in [0.2, 0.25) is 5.78 Å². The molecule has 6 nitrogen and oxygen atoms in total. The third-order valence-corrected chi connectivity index (χ3v) is 6.92. The molecule has 6 heteroatoms. The Kier molecular flexibility index (Phi) is 6.18. The summed E-state index contributed by atoms with van der Waals surface area (Å²) in [6.07, 6.45) is 2.68. The van der Waals surface area contributed by atoms with Crippen molar-refractivity contribution in [2.24, 2.45) is 0 Å². The molecule has 5 rings (SSSR count). The fourth-order valence-electron chi connectivity index (χ4n) is 5.11. The Morgan fingerprint density at radius 3 is 2.17 bits per heavy atom. The number of allylic oxidation sites excluding steroid dienone is 1. The number of carbonyl (C=O) groups is 1. The van der Waals surface area contributed by atoms with Crippen molar-refractivity contribution in [2.45, 2.75) is 6.42 Å². The van der Waals surface area contributed by atoms with Gasteiger partial charge in [0.25, 0.3) is 0 Å². The van der Waals surface area contributed by atoms with Gasteiger partial charge in [-0.1, -0.05) is 42.5 Å². The number of fused-ring (bicyclic) bond motifs is 5. The van der Waals surface area contributed by atoms with E-state index in [4.69, 9.17) is 18.9 Å². The van der Waals surface area contributed by atoms with E-state index in [1.165, 1.54) is 0 Å². The van der Waals surface area contributed by atoms with Gasteiger partial charge in [-0.3, -0.25) is 4.79 Å². The van der Waals surface area contributed by atoms with Gasteiger partial charge in [0, 0.05) is 30.1 Å². The van der Waals surface area contributed by atoms with E-state index in [0.717, 1.165) is 39.1 Å². The molecule has 0 fully saturated rings. The van der Waals surface area contributed by atoms with Gasteiger partial charge < -0.3 is 23.8 Å². The van der Waals surface area contributed by atoms with Crippen LogP contribution in [0.15, 0.2) is 60.3 Å². The minimum absolute atomic E-state index is 0.0255. The zero-order chi connectivity index (χ0) is 25.4. The van der Waals surface area contributed by atoms with E-state index in [1.807, 2.05) is 60.5 Å². The van der Waals surface area contributed by atoms with Gasteiger partial charge >= 0.3 is 0 Å². The van der Waals surface area contributed by atoms with Gasteiger partial charge in [-0.05, 0) is 46.4 Å². The Balaban J connectivity index is 1.84. The highest BCUT2D eigenvalue weighted by atomic mass is 16.5. The first-order chi connectivity index (χ1) is 17.5. The van der Waals surface area contributed by atoms with Crippen LogP contribution in [-0.4, -0.2) is 52.7 Å². The van der Waals surface area contributed by atoms with E-state index in [-0.39, 0.29) is 5.78 Å². The Labute approximate surface area is 210 Å². The summed E-state index contributed by atoms with van der Waals surface area (Å²) in [6, 6.07) is 17.5. The van der Waals surface area contributed by atoms with Crippen LogP contribution in [0.4, 0.5) is 0 Å². The molecule has 1 aliphatic rings. The number of carbonyl (C=O) groups excluding carboxylic acids is 1. The third-order valence-electron chi connectivity index (χ3n) is 6.92. The standard InChI is InChI=1S/C30H29NO5/c1-31-14-13-20-21-12-11-19-15-25(33-2)26(34-3)17-22(19)27(21)30(36-5)29(35-4)23(20)16-24(31)28(32)18-9-7-6-8-10-18/h6-12,15-17H,13-14H2,1-5H3. The minimum atomic E-state index is -0.0255. The number of ether oxygens (including phenoxy) is 4. The quantitative estimate of drug-likeness (QED) is 0.258. The van der Waals surface area contributed by atoms with Crippen molar-refractivity contribution in [1.82, 2.24) is 4.90 Å². The molecule has 0 bridgehead atoms. The number of ketones is 1. The van der Waals surface area contributed by atoms with Crippen molar-refractivity contribution in [3.8, 4) is 23.0 Å². The van der Waals surface area contributed by atoms with Crippen LogP contribution in [-0.2, 0) is 6.42 Å². The van der Waals surface area contributed by atoms with Crippen LogP contribution in [0.3, 0.4) is 0 Å². The van der Waals surface area contributed by atoms with Gasteiger partial charge in [0.05, 0.1) is 34.1 Å². The number of methoxy groups -OCH3 is 4. The van der Waals surface area contributed by atoms with Crippen molar-refractivity contribution in [3.63, 3.8) is 0 Å². The van der Waals surface area contributed by atoms with Crippen LogP contribution < -0.4 is 18.9 Å². The molecule has 0 unspecified atom stereocenters. The van der Waals surface area contributed by atoms with Crippen LogP contribution in [0.25, 0.3) is 27.6 Å². The van der Waals surface area contributed by atoms with Crippen LogP contribution in [0.5, 0.6) is 23.0 Å². The summed E-state index contributed by atoms with van der Waals surface area (Å²) in [5.74, 6) is 2.51. The second-order valence-electron chi connectivity index (χ2n) is 8.77. The summed E-state index contributed by atoms with van der Waals surface area (Å²) in [5.41, 5.74) is 3.25. The lowest BCUT2D eigenvalue weighted by molar-refractivity contribution is 0.100. The van der Waals surface area contributed by atoms with Crippen molar-refractivity contribution >= 4 is 33.4 Å². The molecule has 0 aromatic heterocycles. The zero-order valence-electron chi connectivity index (χ0n) is 21.2. The number of hydrogen-bond donors (Lipinski definition) is 0. The third kappa shape index (κ3) is 3.70. The molecular formula is C30H29NO5. The van der Waals surface area contributed by atoms with E-state index in [9.17, 15) is 4.79 Å². The highest BCUT2D eigenvalue weighted by molar-refractivity contribution is 6.16. The van der Waals surface area contributed by atoms with Gasteiger partial charge in [-0.15, -0.1) is 0 Å². The van der Waals surface area contributed by atoms with Crippen molar-refractivity contribution in [2.75, 3.05) is 42.0 Å². The van der Waals surface area contributed by atoms with Gasteiger partial charge in [-0.25, -0.2) is 0 Å². The first-order valence-electron chi connectivity index (χ1n) is 11.8. The number of likely N-dealkylation sites (N-methyl/N-ethyl adjacent to an activating group) is 1. The van der Waals surface area contributed by atoms with Crippen molar-refractivity contribution in [3.05, 3.63) is 77.0 Å². The van der Waals surface area contributed by atoms with E-state index in [0.29, 0.717) is 40.8 Å². The number of nitrogens with zero attached hydrogens (tertiary/aromatic N) is 1. The number of Topliss-reactive ketones (excluding diaryl/α,β-unsaturated/α-hetero) is 1. The summed E-state index contributed by atoms with van der Waals surface area (Å²) in [5, 5.41) is 3.98. The molecule has 0 saturated carbocycles. The summed E-state index contributed by atoms with van der Waals surface area (Å²) < 4.78 is 23.1. The Hall–Kier alpha value is -4.19. The van der Waals surface area contributed by atoms with E-state index in [1.54, 1.807) is 28.4 Å². The number of hydrogen-bond acceptors (Lipinski definition) is 6. The lowest BCUT2D eigenvalue weighted by Gasteiger charge is -2.20. The maximum absolute atomic E-state index is 13.5. The first-order valence-corrected chi connectivity index (χ1v) is 11.8. The lowest BCUT2D eigenvalue weighted by Crippen LogP contribution is -2.24. The monoisotopic (exact) mass is 483 g/mol. The number of rotatable bonds is 6. The molecule has 0 N–H and O–H groups in total. The Morgan fingerprint density at radius 1 is 0.806 bits per heavy atom. The molecule has 0 atom stereocenters.